The molecular formula is C15H9Cl2NO2. The molecule has 0 spiro atoms. The standard InChI is InChI=1S/C15H9Cl2NO2/c16-11-4-5-13-12(8-11)18-15(20-13)10-3-1-2-9(6-10)7-14(17)19/h1-6,8H,7H2. The molecule has 0 radical (unpaired) electrons. The predicted molar refractivity (Wildman–Crippen MR) is 79.0 cm³/mol. The van der Waals surface area contributed by atoms with E-state index in [1.165, 1.54) is 0 Å². The Labute approximate surface area is 125 Å². The van der Waals surface area contributed by atoms with Gasteiger partial charge in [-0.05, 0) is 47.5 Å². The molecule has 5 heteroatoms. The number of nitrogens with zero attached hydrogens (tertiary/aromatic N) is 1. The normalized spacial score (nSPS) is 10.9. The van der Waals surface area contributed by atoms with Gasteiger partial charge in [0.05, 0.1) is 0 Å². The highest BCUT2D eigenvalue weighted by Gasteiger charge is 2.09. The summed E-state index contributed by atoms with van der Waals surface area (Å²) in [5.74, 6) is 0.492. The number of benzene rings is 2. The lowest BCUT2D eigenvalue weighted by atomic mass is 10.1. The average Bonchev–Trinajstić information content (AvgIpc) is 2.81. The number of hydrogen-bond acceptors (Lipinski definition) is 3. The number of carbonyl (C=O) groups is 1. The van der Waals surface area contributed by atoms with Crippen LogP contribution in [0.2, 0.25) is 5.02 Å². The van der Waals surface area contributed by atoms with Gasteiger partial charge in [0, 0.05) is 17.0 Å². The highest BCUT2D eigenvalue weighted by molar-refractivity contribution is 6.63. The van der Waals surface area contributed by atoms with Crippen LogP contribution < -0.4 is 0 Å². The molecule has 0 bridgehead atoms. The Balaban J connectivity index is 2.03. The monoisotopic (exact) mass is 305 g/mol. The lowest BCUT2D eigenvalue weighted by molar-refractivity contribution is -0.111. The van der Waals surface area contributed by atoms with Gasteiger partial charge in [0.25, 0.3) is 0 Å². The zero-order valence-electron chi connectivity index (χ0n) is 10.3. The fourth-order valence-corrected chi connectivity index (χ4v) is 2.32. The van der Waals surface area contributed by atoms with Crippen molar-refractivity contribution in [2.45, 2.75) is 6.42 Å². The van der Waals surface area contributed by atoms with Crippen LogP contribution in [-0.4, -0.2) is 10.2 Å². The summed E-state index contributed by atoms with van der Waals surface area (Å²) in [6, 6.07) is 12.7. The molecule has 0 amide bonds. The lowest BCUT2D eigenvalue weighted by Gasteiger charge is -1.99. The van der Waals surface area contributed by atoms with Gasteiger partial charge in [0.2, 0.25) is 11.1 Å². The van der Waals surface area contributed by atoms with E-state index in [0.29, 0.717) is 22.0 Å². The smallest absolute Gasteiger partial charge is 0.227 e. The summed E-state index contributed by atoms with van der Waals surface area (Å²) in [4.78, 5) is 15.3. The van der Waals surface area contributed by atoms with Crippen LogP contribution in [0.4, 0.5) is 0 Å². The number of fused-ring (bicyclic) bond motifs is 1. The summed E-state index contributed by atoms with van der Waals surface area (Å²) in [5.41, 5.74) is 2.99. The van der Waals surface area contributed by atoms with Gasteiger partial charge in [-0.2, -0.15) is 0 Å². The Morgan fingerprint density at radius 1 is 1.20 bits per heavy atom. The molecule has 100 valence electrons. The highest BCUT2D eigenvalue weighted by atomic mass is 35.5. The Morgan fingerprint density at radius 2 is 2.05 bits per heavy atom. The zero-order chi connectivity index (χ0) is 14.1. The first-order chi connectivity index (χ1) is 9.61. The maximum atomic E-state index is 11.0. The summed E-state index contributed by atoms with van der Waals surface area (Å²) in [7, 11) is 0. The van der Waals surface area contributed by atoms with E-state index in [-0.39, 0.29) is 6.42 Å². The van der Waals surface area contributed by atoms with Crippen molar-refractivity contribution < 1.29 is 9.21 Å². The van der Waals surface area contributed by atoms with Crippen molar-refractivity contribution >= 4 is 39.5 Å². The number of rotatable bonds is 3. The van der Waals surface area contributed by atoms with Crippen molar-refractivity contribution in [3.05, 3.63) is 53.1 Å². The second-order valence-corrected chi connectivity index (χ2v) is 5.22. The van der Waals surface area contributed by atoms with Crippen molar-refractivity contribution in [3.63, 3.8) is 0 Å². The number of carbonyl (C=O) groups excluding carboxylic acids is 1. The Bertz CT molecular complexity index is 795. The molecule has 0 N–H and O–H groups in total. The van der Waals surface area contributed by atoms with Gasteiger partial charge in [-0.3, -0.25) is 4.79 Å². The molecule has 20 heavy (non-hydrogen) atoms. The van der Waals surface area contributed by atoms with Crippen molar-refractivity contribution in [3.8, 4) is 11.5 Å². The van der Waals surface area contributed by atoms with Crippen LogP contribution in [0.15, 0.2) is 46.9 Å². The fraction of sp³-hybridized carbons (Fsp3) is 0.0667. The Morgan fingerprint density at radius 3 is 2.85 bits per heavy atom. The maximum Gasteiger partial charge on any atom is 0.227 e. The molecule has 0 fully saturated rings. The first-order valence-corrected chi connectivity index (χ1v) is 6.71. The maximum absolute atomic E-state index is 11.0. The van der Waals surface area contributed by atoms with Gasteiger partial charge in [0.15, 0.2) is 5.58 Å². The number of halogens is 2. The minimum Gasteiger partial charge on any atom is -0.436 e. The first kappa shape index (κ1) is 13.2. The van der Waals surface area contributed by atoms with Crippen molar-refractivity contribution in [2.75, 3.05) is 0 Å². The average molecular weight is 306 g/mol. The third kappa shape index (κ3) is 2.69. The van der Waals surface area contributed by atoms with Gasteiger partial charge in [0.1, 0.15) is 5.52 Å². The van der Waals surface area contributed by atoms with Crippen LogP contribution in [-0.2, 0) is 11.2 Å². The molecule has 3 rings (SSSR count). The topological polar surface area (TPSA) is 43.1 Å². The molecule has 2 aromatic carbocycles. The summed E-state index contributed by atoms with van der Waals surface area (Å²) in [5, 5.41) is 0.213. The number of hydrogen-bond donors (Lipinski definition) is 0. The van der Waals surface area contributed by atoms with E-state index >= 15 is 0 Å². The van der Waals surface area contributed by atoms with Crippen molar-refractivity contribution in [1.29, 1.82) is 0 Å². The van der Waals surface area contributed by atoms with Gasteiger partial charge in [-0.1, -0.05) is 23.7 Å². The van der Waals surface area contributed by atoms with E-state index < -0.39 is 5.24 Å². The summed E-state index contributed by atoms with van der Waals surface area (Å²) in [6.45, 7) is 0. The summed E-state index contributed by atoms with van der Waals surface area (Å²) >= 11 is 11.3. The number of oxazole rings is 1. The molecule has 3 nitrogen and oxygen atoms in total. The minimum atomic E-state index is -0.397. The Kier molecular flexibility index (Phi) is 3.47. The SMILES string of the molecule is O=C(Cl)Cc1cccc(-c2nc3cc(Cl)ccc3o2)c1. The van der Waals surface area contributed by atoms with E-state index in [4.69, 9.17) is 27.6 Å². The van der Waals surface area contributed by atoms with Gasteiger partial charge in [-0.25, -0.2) is 4.98 Å². The van der Waals surface area contributed by atoms with Crippen LogP contribution in [0.3, 0.4) is 0 Å². The molecule has 0 saturated carbocycles. The third-order valence-electron chi connectivity index (χ3n) is 2.87. The quantitative estimate of drug-likeness (QED) is 0.671. The van der Waals surface area contributed by atoms with Crippen LogP contribution >= 0.6 is 23.2 Å². The zero-order valence-corrected chi connectivity index (χ0v) is 11.8. The molecule has 0 saturated heterocycles. The molecule has 3 aromatic rings. The molecule has 0 aliphatic rings. The summed E-state index contributed by atoms with van der Waals surface area (Å²) in [6.07, 6.45) is 0.182. The van der Waals surface area contributed by atoms with E-state index in [1.54, 1.807) is 18.2 Å². The van der Waals surface area contributed by atoms with Crippen molar-refractivity contribution in [1.82, 2.24) is 4.98 Å². The van der Waals surface area contributed by atoms with Gasteiger partial charge < -0.3 is 4.42 Å². The second-order valence-electron chi connectivity index (χ2n) is 4.36. The van der Waals surface area contributed by atoms with Gasteiger partial charge in [-0.15, -0.1) is 0 Å². The molecule has 0 aliphatic carbocycles. The predicted octanol–water partition coefficient (Wildman–Crippen LogP) is 4.46. The molecular weight excluding hydrogens is 297 g/mol. The van der Waals surface area contributed by atoms with Crippen LogP contribution in [0.25, 0.3) is 22.6 Å². The second kappa shape index (κ2) is 5.27. The largest absolute Gasteiger partial charge is 0.436 e. The lowest BCUT2D eigenvalue weighted by Crippen LogP contribution is -1.93. The van der Waals surface area contributed by atoms with Gasteiger partial charge >= 0.3 is 0 Å². The van der Waals surface area contributed by atoms with Crippen LogP contribution in [0.1, 0.15) is 5.56 Å². The van der Waals surface area contributed by atoms with Crippen LogP contribution in [0.5, 0.6) is 0 Å². The summed E-state index contributed by atoms with van der Waals surface area (Å²) < 4.78 is 5.68. The molecule has 0 aliphatic heterocycles. The molecule has 0 unspecified atom stereocenters. The molecule has 0 atom stereocenters. The number of aromatic nitrogens is 1. The Hall–Kier alpha value is -1.84. The minimum absolute atomic E-state index is 0.182. The van der Waals surface area contributed by atoms with Crippen LogP contribution in [0, 0.1) is 0 Å². The first-order valence-electron chi connectivity index (χ1n) is 5.95. The fourth-order valence-electron chi connectivity index (χ4n) is 2.00. The molecule has 1 heterocycles. The van der Waals surface area contributed by atoms with Crippen molar-refractivity contribution in [2.24, 2.45) is 0 Å². The van der Waals surface area contributed by atoms with E-state index in [1.807, 2.05) is 24.3 Å². The molecule has 1 aromatic heterocycles. The highest BCUT2D eigenvalue weighted by Crippen LogP contribution is 2.26. The third-order valence-corrected chi connectivity index (χ3v) is 3.24. The van der Waals surface area contributed by atoms with E-state index in [2.05, 4.69) is 4.98 Å². The van der Waals surface area contributed by atoms with E-state index in [0.717, 1.165) is 11.1 Å². The van der Waals surface area contributed by atoms with E-state index in [9.17, 15) is 4.79 Å².